The van der Waals surface area contributed by atoms with Crippen molar-refractivity contribution in [3.8, 4) is 11.4 Å². The van der Waals surface area contributed by atoms with Gasteiger partial charge in [0.2, 0.25) is 0 Å². The smallest absolute Gasteiger partial charge is 0.257 e. The Morgan fingerprint density at radius 1 is 0.852 bits per heavy atom. The zero-order valence-electron chi connectivity index (χ0n) is 14.6. The van der Waals surface area contributed by atoms with Crippen LogP contribution in [-0.4, -0.2) is 51.9 Å². The minimum atomic E-state index is -0.0296. The number of pyridine rings is 1. The van der Waals surface area contributed by atoms with Crippen LogP contribution in [0, 0.1) is 0 Å². The molecule has 7 heteroatoms. The van der Waals surface area contributed by atoms with Gasteiger partial charge in [0.1, 0.15) is 5.82 Å². The van der Waals surface area contributed by atoms with Gasteiger partial charge in [-0.05, 0) is 28.1 Å². The molecule has 1 fully saturated rings. The van der Waals surface area contributed by atoms with Gasteiger partial charge in [0, 0.05) is 54.8 Å². The molecule has 0 atom stereocenters. The number of hydrogen-bond donors (Lipinski definition) is 0. The van der Waals surface area contributed by atoms with Crippen molar-refractivity contribution >= 4 is 27.7 Å². The van der Waals surface area contributed by atoms with E-state index in [1.165, 1.54) is 0 Å². The maximum absolute atomic E-state index is 12.7. The largest absolute Gasteiger partial charge is 0.353 e. The average molecular weight is 424 g/mol. The Morgan fingerprint density at radius 2 is 1.56 bits per heavy atom. The summed E-state index contributed by atoms with van der Waals surface area (Å²) >= 11 is 3.40. The van der Waals surface area contributed by atoms with Crippen LogP contribution in [0.1, 0.15) is 10.4 Å². The van der Waals surface area contributed by atoms with Gasteiger partial charge in [0.05, 0.1) is 5.56 Å². The second kappa shape index (κ2) is 7.84. The summed E-state index contributed by atoms with van der Waals surface area (Å²) in [6, 6.07) is 13.7. The quantitative estimate of drug-likeness (QED) is 0.646. The molecule has 6 nitrogen and oxygen atoms in total. The number of nitrogens with zero attached hydrogens (tertiary/aromatic N) is 5. The Balaban J connectivity index is 1.40. The van der Waals surface area contributed by atoms with Crippen molar-refractivity contribution in [3.63, 3.8) is 0 Å². The van der Waals surface area contributed by atoms with E-state index in [9.17, 15) is 4.79 Å². The van der Waals surface area contributed by atoms with Crippen LogP contribution in [0.5, 0.6) is 0 Å². The fourth-order valence-corrected chi connectivity index (χ4v) is 3.29. The van der Waals surface area contributed by atoms with E-state index in [-0.39, 0.29) is 5.91 Å². The summed E-state index contributed by atoms with van der Waals surface area (Å²) in [6.45, 7) is 2.81. The second-order valence-electron chi connectivity index (χ2n) is 6.28. The maximum atomic E-state index is 12.7. The van der Waals surface area contributed by atoms with Gasteiger partial charge < -0.3 is 9.80 Å². The first-order valence-electron chi connectivity index (χ1n) is 8.74. The number of rotatable bonds is 3. The van der Waals surface area contributed by atoms with Crippen LogP contribution in [0.15, 0.2) is 65.5 Å². The molecule has 3 heterocycles. The van der Waals surface area contributed by atoms with Gasteiger partial charge in [-0.15, -0.1) is 0 Å². The van der Waals surface area contributed by atoms with Crippen LogP contribution in [0.2, 0.25) is 0 Å². The highest BCUT2D eigenvalue weighted by molar-refractivity contribution is 9.10. The third-order valence-electron chi connectivity index (χ3n) is 4.53. The van der Waals surface area contributed by atoms with E-state index in [1.54, 1.807) is 18.6 Å². The molecule has 1 aliphatic rings. The molecule has 0 spiro atoms. The normalized spacial score (nSPS) is 14.3. The first-order valence-corrected chi connectivity index (χ1v) is 9.53. The minimum Gasteiger partial charge on any atom is -0.353 e. The average Bonchev–Trinajstić information content (AvgIpc) is 2.75. The number of anilines is 1. The third-order valence-corrected chi connectivity index (χ3v) is 5.00. The summed E-state index contributed by atoms with van der Waals surface area (Å²) in [7, 11) is 0. The van der Waals surface area contributed by atoms with Crippen molar-refractivity contribution < 1.29 is 4.79 Å². The first kappa shape index (κ1) is 17.6. The maximum Gasteiger partial charge on any atom is 0.257 e. The Morgan fingerprint density at radius 3 is 2.19 bits per heavy atom. The van der Waals surface area contributed by atoms with Crippen molar-refractivity contribution in [1.82, 2.24) is 19.9 Å². The summed E-state index contributed by atoms with van der Waals surface area (Å²) in [5, 5.41) is 0. The van der Waals surface area contributed by atoms with Crippen LogP contribution in [0.3, 0.4) is 0 Å². The number of benzene rings is 1. The van der Waals surface area contributed by atoms with Gasteiger partial charge in [-0.2, -0.15) is 0 Å². The molecule has 0 radical (unpaired) electrons. The Bertz CT molecular complexity index is 907. The Kier molecular flexibility index (Phi) is 5.11. The lowest BCUT2D eigenvalue weighted by Crippen LogP contribution is -2.49. The molecule has 136 valence electrons. The molecule has 0 N–H and O–H groups in total. The topological polar surface area (TPSA) is 62.2 Å². The number of hydrogen-bond acceptors (Lipinski definition) is 5. The number of amides is 1. The molecule has 1 saturated heterocycles. The molecule has 1 amide bonds. The molecular formula is C20H18BrN5O. The number of carbonyl (C=O) groups excluding carboxylic acids is 1. The van der Waals surface area contributed by atoms with Crippen LogP contribution in [0.25, 0.3) is 11.4 Å². The van der Waals surface area contributed by atoms with Crippen LogP contribution in [-0.2, 0) is 0 Å². The fourth-order valence-electron chi connectivity index (χ4n) is 3.05. The van der Waals surface area contributed by atoms with E-state index in [4.69, 9.17) is 0 Å². The van der Waals surface area contributed by atoms with Gasteiger partial charge in [-0.1, -0.05) is 30.3 Å². The summed E-state index contributed by atoms with van der Waals surface area (Å²) in [5.74, 6) is 1.53. The van der Waals surface area contributed by atoms with Gasteiger partial charge in [-0.3, -0.25) is 4.79 Å². The predicted molar refractivity (Wildman–Crippen MR) is 108 cm³/mol. The molecule has 0 aliphatic carbocycles. The molecule has 2 aromatic heterocycles. The molecule has 3 aromatic rings. The Labute approximate surface area is 166 Å². The SMILES string of the molecule is O=C(c1cnc(-c2ccccc2)nc1)N1CCN(c2ccc(Br)cn2)CC1. The highest BCUT2D eigenvalue weighted by Gasteiger charge is 2.23. The van der Waals surface area contributed by atoms with Crippen molar-refractivity contribution in [3.05, 3.63) is 71.1 Å². The minimum absolute atomic E-state index is 0.0296. The lowest BCUT2D eigenvalue weighted by molar-refractivity contribution is 0.0745. The molecule has 4 rings (SSSR count). The lowest BCUT2D eigenvalue weighted by Gasteiger charge is -2.35. The van der Waals surface area contributed by atoms with Gasteiger partial charge in [-0.25, -0.2) is 15.0 Å². The predicted octanol–water partition coefficient (Wildman–Crippen LogP) is 3.26. The van der Waals surface area contributed by atoms with Gasteiger partial charge in [0.25, 0.3) is 5.91 Å². The van der Waals surface area contributed by atoms with Gasteiger partial charge in [0.15, 0.2) is 5.82 Å². The van der Waals surface area contributed by atoms with Gasteiger partial charge >= 0.3 is 0 Å². The summed E-state index contributed by atoms with van der Waals surface area (Å²) in [6.07, 6.45) is 5.01. The monoisotopic (exact) mass is 423 g/mol. The molecule has 0 unspecified atom stereocenters. The highest BCUT2D eigenvalue weighted by atomic mass is 79.9. The summed E-state index contributed by atoms with van der Waals surface area (Å²) in [5.41, 5.74) is 1.46. The summed E-state index contributed by atoms with van der Waals surface area (Å²) in [4.78, 5) is 29.9. The van der Waals surface area contributed by atoms with E-state index in [1.807, 2.05) is 47.4 Å². The first-order chi connectivity index (χ1) is 13.2. The second-order valence-corrected chi connectivity index (χ2v) is 7.19. The molecule has 0 saturated carbocycles. The lowest BCUT2D eigenvalue weighted by atomic mass is 10.2. The van der Waals surface area contributed by atoms with Crippen molar-refractivity contribution in [2.24, 2.45) is 0 Å². The van der Waals surface area contributed by atoms with E-state index in [2.05, 4.69) is 35.8 Å². The standard InChI is InChI=1S/C20H18BrN5O/c21-17-6-7-18(22-14-17)25-8-10-26(11-9-25)20(27)16-12-23-19(24-13-16)15-4-2-1-3-5-15/h1-7,12-14H,8-11H2. The molecule has 1 aromatic carbocycles. The van der Waals surface area contributed by atoms with Crippen LogP contribution in [0.4, 0.5) is 5.82 Å². The van der Waals surface area contributed by atoms with E-state index in [0.717, 1.165) is 28.9 Å². The van der Waals surface area contributed by atoms with Crippen LogP contribution < -0.4 is 4.90 Å². The number of carbonyl (C=O) groups is 1. The summed E-state index contributed by atoms with van der Waals surface area (Å²) < 4.78 is 0.957. The molecule has 1 aliphatic heterocycles. The highest BCUT2D eigenvalue weighted by Crippen LogP contribution is 2.18. The Hall–Kier alpha value is -2.80. The van der Waals surface area contributed by atoms with E-state index >= 15 is 0 Å². The molecule has 27 heavy (non-hydrogen) atoms. The molecule has 0 bridgehead atoms. The van der Waals surface area contributed by atoms with Crippen molar-refractivity contribution in [2.75, 3.05) is 31.1 Å². The number of halogens is 1. The third kappa shape index (κ3) is 3.98. The van der Waals surface area contributed by atoms with Crippen molar-refractivity contribution in [1.29, 1.82) is 0 Å². The van der Waals surface area contributed by atoms with Crippen molar-refractivity contribution in [2.45, 2.75) is 0 Å². The van der Waals surface area contributed by atoms with E-state index < -0.39 is 0 Å². The van der Waals surface area contributed by atoms with E-state index in [0.29, 0.717) is 24.5 Å². The zero-order chi connectivity index (χ0) is 18.6. The van der Waals surface area contributed by atoms with Crippen LogP contribution >= 0.6 is 15.9 Å². The fraction of sp³-hybridized carbons (Fsp3) is 0.200. The number of piperazine rings is 1. The zero-order valence-corrected chi connectivity index (χ0v) is 16.2. The molecular weight excluding hydrogens is 406 g/mol. The number of aromatic nitrogens is 3.